The van der Waals surface area contributed by atoms with E-state index in [1.165, 1.54) is 0 Å². The fourth-order valence-electron chi connectivity index (χ4n) is 2.47. The summed E-state index contributed by atoms with van der Waals surface area (Å²) in [4.78, 5) is 13.8. The molecule has 0 spiro atoms. The van der Waals surface area contributed by atoms with Crippen molar-refractivity contribution in [2.24, 2.45) is 5.10 Å². The summed E-state index contributed by atoms with van der Waals surface area (Å²) in [5.41, 5.74) is 3.25. The molecule has 22 heavy (non-hydrogen) atoms. The van der Waals surface area contributed by atoms with Crippen LogP contribution in [0.4, 0.5) is 5.69 Å². The van der Waals surface area contributed by atoms with Gasteiger partial charge in [0.05, 0.1) is 18.7 Å². The van der Waals surface area contributed by atoms with Crippen molar-refractivity contribution in [2.45, 2.75) is 12.5 Å². The first kappa shape index (κ1) is 14.3. The lowest BCUT2D eigenvalue weighted by Gasteiger charge is -2.36. The number of hydrogen-bond acceptors (Lipinski definition) is 3. The number of β-lactam (4-membered cyclic amide) rings is 1. The van der Waals surface area contributed by atoms with Gasteiger partial charge in [0.25, 0.3) is 0 Å². The molecule has 112 valence electrons. The number of carbonyl (C=O) groups excluding carboxylic acids is 1. The van der Waals surface area contributed by atoms with Gasteiger partial charge in [0, 0.05) is 19.8 Å². The Morgan fingerprint density at radius 1 is 1.09 bits per heavy atom. The lowest BCUT2D eigenvalue weighted by molar-refractivity contribution is -0.146. The van der Waals surface area contributed by atoms with Crippen molar-refractivity contribution >= 4 is 17.8 Å². The van der Waals surface area contributed by atoms with E-state index in [0.717, 1.165) is 16.8 Å². The summed E-state index contributed by atoms with van der Waals surface area (Å²) in [7, 11) is 4.01. The maximum absolute atomic E-state index is 11.8. The molecule has 1 amide bonds. The summed E-state index contributed by atoms with van der Waals surface area (Å²) >= 11 is 0. The molecule has 1 fully saturated rings. The second-order valence-electron chi connectivity index (χ2n) is 5.60. The van der Waals surface area contributed by atoms with Gasteiger partial charge in [-0.25, -0.2) is 5.01 Å². The van der Waals surface area contributed by atoms with Gasteiger partial charge in [0.1, 0.15) is 0 Å². The first-order chi connectivity index (χ1) is 10.6. The average Bonchev–Trinajstić information content (AvgIpc) is 2.54. The molecular weight excluding hydrogens is 274 g/mol. The van der Waals surface area contributed by atoms with E-state index < -0.39 is 0 Å². The van der Waals surface area contributed by atoms with E-state index in [1.54, 1.807) is 11.2 Å². The second-order valence-corrected chi connectivity index (χ2v) is 5.60. The Morgan fingerprint density at radius 2 is 1.77 bits per heavy atom. The Morgan fingerprint density at radius 3 is 2.36 bits per heavy atom. The summed E-state index contributed by atoms with van der Waals surface area (Å²) in [6.07, 6.45) is 2.27. The molecule has 1 atom stereocenters. The normalized spacial score (nSPS) is 17.6. The van der Waals surface area contributed by atoms with Gasteiger partial charge < -0.3 is 4.90 Å². The van der Waals surface area contributed by atoms with Gasteiger partial charge in [0.15, 0.2) is 0 Å². The van der Waals surface area contributed by atoms with Crippen LogP contribution in [0.15, 0.2) is 59.7 Å². The van der Waals surface area contributed by atoms with Crippen LogP contribution in [0.5, 0.6) is 0 Å². The number of carbonyl (C=O) groups is 1. The van der Waals surface area contributed by atoms with Crippen LogP contribution in [0.3, 0.4) is 0 Å². The highest BCUT2D eigenvalue weighted by Crippen LogP contribution is 2.34. The minimum absolute atomic E-state index is 0.0611. The van der Waals surface area contributed by atoms with Crippen LogP contribution in [0.1, 0.15) is 23.6 Å². The van der Waals surface area contributed by atoms with E-state index in [4.69, 9.17) is 0 Å². The van der Waals surface area contributed by atoms with Crippen molar-refractivity contribution in [1.82, 2.24) is 5.01 Å². The number of nitrogens with zero attached hydrogens (tertiary/aromatic N) is 3. The van der Waals surface area contributed by atoms with E-state index in [-0.39, 0.29) is 11.9 Å². The van der Waals surface area contributed by atoms with Crippen molar-refractivity contribution in [2.75, 3.05) is 19.0 Å². The summed E-state index contributed by atoms with van der Waals surface area (Å²) in [5.74, 6) is 0.0648. The molecule has 1 unspecified atom stereocenters. The number of hydrazone groups is 1. The number of anilines is 1. The number of rotatable bonds is 4. The molecule has 1 aliphatic heterocycles. The van der Waals surface area contributed by atoms with Crippen molar-refractivity contribution in [3.8, 4) is 0 Å². The number of amides is 1. The van der Waals surface area contributed by atoms with E-state index in [9.17, 15) is 4.79 Å². The van der Waals surface area contributed by atoms with E-state index >= 15 is 0 Å². The molecule has 1 saturated heterocycles. The molecule has 1 heterocycles. The van der Waals surface area contributed by atoms with Gasteiger partial charge in [-0.05, 0) is 23.3 Å². The summed E-state index contributed by atoms with van der Waals surface area (Å²) < 4.78 is 0. The Labute approximate surface area is 130 Å². The first-order valence-corrected chi connectivity index (χ1v) is 7.33. The van der Waals surface area contributed by atoms with Gasteiger partial charge in [0.2, 0.25) is 5.91 Å². The van der Waals surface area contributed by atoms with Crippen molar-refractivity contribution in [3.63, 3.8) is 0 Å². The van der Waals surface area contributed by atoms with Crippen molar-refractivity contribution in [3.05, 3.63) is 65.7 Å². The first-order valence-electron chi connectivity index (χ1n) is 7.33. The molecular formula is C18H19N3O. The van der Waals surface area contributed by atoms with Crippen LogP contribution < -0.4 is 4.90 Å². The maximum Gasteiger partial charge on any atom is 0.245 e. The zero-order chi connectivity index (χ0) is 15.5. The van der Waals surface area contributed by atoms with Gasteiger partial charge >= 0.3 is 0 Å². The molecule has 1 aliphatic rings. The Kier molecular flexibility index (Phi) is 3.92. The summed E-state index contributed by atoms with van der Waals surface area (Å²) in [6.45, 7) is 0. The topological polar surface area (TPSA) is 35.9 Å². The quantitative estimate of drug-likeness (QED) is 0.641. The van der Waals surface area contributed by atoms with Gasteiger partial charge in [-0.15, -0.1) is 0 Å². The SMILES string of the molecule is CN(C)c1ccc(C=NN2C(=O)CC2c2ccccc2)cc1. The third-order valence-corrected chi connectivity index (χ3v) is 3.84. The van der Waals surface area contributed by atoms with Crippen LogP contribution in [-0.4, -0.2) is 31.2 Å². The molecule has 3 rings (SSSR count). The minimum atomic E-state index is 0.0611. The number of hydrogen-bond donors (Lipinski definition) is 0. The van der Waals surface area contributed by atoms with Crippen molar-refractivity contribution in [1.29, 1.82) is 0 Å². The predicted octanol–water partition coefficient (Wildman–Crippen LogP) is 3.06. The van der Waals surface area contributed by atoms with Crippen LogP contribution in [0, 0.1) is 0 Å². The zero-order valence-corrected chi connectivity index (χ0v) is 12.8. The van der Waals surface area contributed by atoms with Gasteiger partial charge in [-0.3, -0.25) is 4.79 Å². The van der Waals surface area contributed by atoms with E-state index in [2.05, 4.69) is 5.10 Å². The minimum Gasteiger partial charge on any atom is -0.378 e. The molecule has 4 heteroatoms. The maximum atomic E-state index is 11.8. The van der Waals surface area contributed by atoms with Crippen LogP contribution in [0.25, 0.3) is 0 Å². The van der Waals surface area contributed by atoms with Crippen LogP contribution in [-0.2, 0) is 4.79 Å². The van der Waals surface area contributed by atoms with Gasteiger partial charge in [-0.1, -0.05) is 42.5 Å². The highest BCUT2D eigenvalue weighted by molar-refractivity contribution is 5.86. The standard InChI is InChI=1S/C18H19N3O/c1-20(2)16-10-8-14(9-11-16)13-19-21-17(12-18(21)22)15-6-4-3-5-7-15/h3-11,13,17H,12H2,1-2H3. The predicted molar refractivity (Wildman–Crippen MR) is 89.0 cm³/mol. The molecule has 4 nitrogen and oxygen atoms in total. The zero-order valence-electron chi connectivity index (χ0n) is 12.8. The summed E-state index contributed by atoms with van der Waals surface area (Å²) in [6, 6.07) is 18.1. The average molecular weight is 293 g/mol. The number of benzene rings is 2. The monoisotopic (exact) mass is 293 g/mol. The third kappa shape index (κ3) is 2.86. The van der Waals surface area contributed by atoms with E-state index in [0.29, 0.717) is 6.42 Å². The molecule has 0 N–H and O–H groups in total. The van der Waals surface area contributed by atoms with Gasteiger partial charge in [-0.2, -0.15) is 5.10 Å². The molecule has 2 aromatic rings. The molecule has 2 aromatic carbocycles. The third-order valence-electron chi connectivity index (χ3n) is 3.84. The molecule has 0 saturated carbocycles. The van der Waals surface area contributed by atoms with Crippen LogP contribution >= 0.6 is 0 Å². The Balaban J connectivity index is 1.72. The highest BCUT2D eigenvalue weighted by atomic mass is 16.2. The lowest BCUT2D eigenvalue weighted by Crippen LogP contribution is -2.42. The largest absolute Gasteiger partial charge is 0.378 e. The van der Waals surface area contributed by atoms with Crippen LogP contribution in [0.2, 0.25) is 0 Å². The summed E-state index contributed by atoms with van der Waals surface area (Å²) in [5, 5.41) is 5.92. The lowest BCUT2D eigenvalue weighted by atomic mass is 9.96. The smallest absolute Gasteiger partial charge is 0.245 e. The molecule has 0 radical (unpaired) electrons. The Hall–Kier alpha value is -2.62. The molecule has 0 aliphatic carbocycles. The van der Waals surface area contributed by atoms with Crippen molar-refractivity contribution < 1.29 is 4.79 Å². The van der Waals surface area contributed by atoms with E-state index in [1.807, 2.05) is 73.6 Å². The second kappa shape index (κ2) is 6.02. The molecule has 0 bridgehead atoms. The fourth-order valence-corrected chi connectivity index (χ4v) is 2.47. The fraction of sp³-hybridized carbons (Fsp3) is 0.222. The highest BCUT2D eigenvalue weighted by Gasteiger charge is 2.37. The Bertz CT molecular complexity index is 677. The molecule has 0 aromatic heterocycles.